The summed E-state index contributed by atoms with van der Waals surface area (Å²) in [6.45, 7) is 0. The maximum Gasteiger partial charge on any atom is 0.335 e. The first-order chi connectivity index (χ1) is 12.9. The first-order valence-electron chi connectivity index (χ1n) is 7.82. The molecule has 1 heterocycles. The molecule has 0 aromatic heterocycles. The van der Waals surface area contributed by atoms with Gasteiger partial charge in [0.2, 0.25) is 0 Å². The van der Waals surface area contributed by atoms with Gasteiger partial charge in [0.15, 0.2) is 5.17 Å². The summed E-state index contributed by atoms with van der Waals surface area (Å²) in [7, 11) is 3.23. The minimum Gasteiger partial charge on any atom is -0.496 e. The van der Waals surface area contributed by atoms with Crippen molar-refractivity contribution in [1.82, 2.24) is 4.90 Å². The highest BCUT2D eigenvalue weighted by Crippen LogP contribution is 2.34. The summed E-state index contributed by atoms with van der Waals surface area (Å²) < 4.78 is 6.00. The Morgan fingerprint density at radius 1 is 1.30 bits per heavy atom. The van der Waals surface area contributed by atoms with Crippen molar-refractivity contribution in [3.05, 3.63) is 63.0 Å². The van der Waals surface area contributed by atoms with Gasteiger partial charge in [-0.05, 0) is 69.7 Å². The average molecular weight is 447 g/mol. The molecule has 0 saturated carbocycles. The van der Waals surface area contributed by atoms with E-state index >= 15 is 0 Å². The van der Waals surface area contributed by atoms with E-state index in [9.17, 15) is 9.59 Å². The van der Waals surface area contributed by atoms with Crippen molar-refractivity contribution in [2.45, 2.75) is 0 Å². The van der Waals surface area contributed by atoms with Gasteiger partial charge in [0, 0.05) is 7.05 Å². The molecule has 3 rings (SSSR count). The van der Waals surface area contributed by atoms with Crippen molar-refractivity contribution in [3.8, 4) is 5.75 Å². The topological polar surface area (TPSA) is 79.2 Å². The number of rotatable bonds is 4. The Balaban J connectivity index is 1.89. The number of methoxy groups -OCH3 is 1. The molecule has 138 valence electrons. The standard InChI is InChI=1S/C19H15BrN2O4S/c1-22-17(23)16(9-11-6-7-15(26-2)14(20)8-11)27-19(22)21-13-5-3-4-12(10-13)18(24)25/h3-10H,1-2H3,(H,24,25)/b16-9-,21-19?. The number of thioether (sulfide) groups is 1. The zero-order valence-electron chi connectivity index (χ0n) is 14.5. The summed E-state index contributed by atoms with van der Waals surface area (Å²) in [6, 6.07) is 11.8. The van der Waals surface area contributed by atoms with Gasteiger partial charge in [-0.1, -0.05) is 12.1 Å². The van der Waals surface area contributed by atoms with Crippen LogP contribution in [0.4, 0.5) is 5.69 Å². The molecule has 0 aliphatic carbocycles. The Morgan fingerprint density at radius 3 is 2.74 bits per heavy atom. The number of likely N-dealkylation sites (N-methyl/N-ethyl adjacent to an activating group) is 1. The molecule has 1 aliphatic heterocycles. The molecule has 2 aromatic carbocycles. The number of carbonyl (C=O) groups excluding carboxylic acids is 1. The quantitative estimate of drug-likeness (QED) is 0.704. The number of carboxylic acid groups (broad SMARTS) is 1. The van der Waals surface area contributed by atoms with Crippen LogP contribution in [-0.2, 0) is 4.79 Å². The molecule has 1 saturated heterocycles. The summed E-state index contributed by atoms with van der Waals surface area (Å²) in [4.78, 5) is 30.0. The molecule has 1 N–H and O–H groups in total. The predicted octanol–water partition coefficient (Wildman–Crippen LogP) is 4.39. The van der Waals surface area contributed by atoms with Gasteiger partial charge in [-0.25, -0.2) is 9.79 Å². The number of carbonyl (C=O) groups is 2. The van der Waals surface area contributed by atoms with Crippen LogP contribution >= 0.6 is 27.7 Å². The van der Waals surface area contributed by atoms with E-state index < -0.39 is 5.97 Å². The first kappa shape index (κ1) is 19.2. The summed E-state index contributed by atoms with van der Waals surface area (Å²) in [5.41, 5.74) is 1.47. The first-order valence-corrected chi connectivity index (χ1v) is 9.43. The largest absolute Gasteiger partial charge is 0.496 e. The van der Waals surface area contributed by atoms with Gasteiger partial charge in [0.05, 0.1) is 27.7 Å². The van der Waals surface area contributed by atoms with Crippen molar-refractivity contribution in [3.63, 3.8) is 0 Å². The van der Waals surface area contributed by atoms with E-state index in [4.69, 9.17) is 9.84 Å². The minimum absolute atomic E-state index is 0.146. The molecule has 0 bridgehead atoms. The molecule has 27 heavy (non-hydrogen) atoms. The van der Waals surface area contributed by atoms with Crippen LogP contribution in [0.1, 0.15) is 15.9 Å². The number of aliphatic imine (C=N–C) groups is 1. The molecule has 0 radical (unpaired) electrons. The molecule has 1 fully saturated rings. The number of benzene rings is 2. The zero-order valence-corrected chi connectivity index (χ0v) is 16.9. The smallest absolute Gasteiger partial charge is 0.335 e. The van der Waals surface area contributed by atoms with E-state index in [-0.39, 0.29) is 11.5 Å². The van der Waals surface area contributed by atoms with Crippen molar-refractivity contribution < 1.29 is 19.4 Å². The van der Waals surface area contributed by atoms with Crippen LogP contribution in [0.2, 0.25) is 0 Å². The highest BCUT2D eigenvalue weighted by molar-refractivity contribution is 9.10. The van der Waals surface area contributed by atoms with Gasteiger partial charge < -0.3 is 9.84 Å². The van der Waals surface area contributed by atoms with E-state index in [1.54, 1.807) is 32.4 Å². The van der Waals surface area contributed by atoms with Crippen molar-refractivity contribution in [1.29, 1.82) is 0 Å². The van der Waals surface area contributed by atoms with Crippen molar-refractivity contribution in [2.24, 2.45) is 4.99 Å². The van der Waals surface area contributed by atoms with E-state index in [1.165, 1.54) is 28.8 Å². The zero-order chi connectivity index (χ0) is 19.6. The van der Waals surface area contributed by atoms with Gasteiger partial charge >= 0.3 is 5.97 Å². The molecule has 1 amide bonds. The number of hydrogen-bond donors (Lipinski definition) is 1. The Bertz CT molecular complexity index is 987. The Kier molecular flexibility index (Phi) is 5.67. The predicted molar refractivity (Wildman–Crippen MR) is 110 cm³/mol. The second-order valence-electron chi connectivity index (χ2n) is 5.62. The van der Waals surface area contributed by atoms with Gasteiger partial charge in [-0.15, -0.1) is 0 Å². The third kappa shape index (κ3) is 4.23. The lowest BCUT2D eigenvalue weighted by atomic mass is 10.2. The van der Waals surface area contributed by atoms with Gasteiger partial charge in [-0.3, -0.25) is 9.69 Å². The number of amidine groups is 1. The normalized spacial score (nSPS) is 17.0. The summed E-state index contributed by atoms with van der Waals surface area (Å²) in [5.74, 6) is -0.480. The van der Waals surface area contributed by atoms with Crippen LogP contribution < -0.4 is 4.74 Å². The molecule has 0 spiro atoms. The fraction of sp³-hybridized carbons (Fsp3) is 0.105. The fourth-order valence-electron chi connectivity index (χ4n) is 2.39. The molecular formula is C19H15BrN2O4S. The Labute approximate surface area is 168 Å². The Morgan fingerprint density at radius 2 is 2.07 bits per heavy atom. The molecule has 0 unspecified atom stereocenters. The summed E-state index contributed by atoms with van der Waals surface area (Å²) in [6.07, 6.45) is 1.78. The van der Waals surface area contributed by atoms with Crippen LogP contribution in [0, 0.1) is 0 Å². The molecule has 0 atom stereocenters. The van der Waals surface area contributed by atoms with Crippen LogP contribution in [0.3, 0.4) is 0 Å². The molecule has 6 nitrogen and oxygen atoms in total. The van der Waals surface area contributed by atoms with Gasteiger partial charge in [0.1, 0.15) is 5.75 Å². The summed E-state index contributed by atoms with van der Waals surface area (Å²) in [5, 5.41) is 9.58. The lowest BCUT2D eigenvalue weighted by Crippen LogP contribution is -2.23. The van der Waals surface area contributed by atoms with Crippen molar-refractivity contribution >= 4 is 56.5 Å². The average Bonchev–Trinajstić information content (AvgIpc) is 2.90. The Hall–Kier alpha value is -2.58. The number of nitrogens with zero attached hydrogens (tertiary/aromatic N) is 2. The third-order valence-corrected chi connectivity index (χ3v) is 5.47. The SMILES string of the molecule is COc1ccc(/C=C2\SC(=Nc3cccc(C(=O)O)c3)N(C)C2=O)cc1Br. The van der Waals surface area contributed by atoms with Crippen LogP contribution in [0.5, 0.6) is 5.75 Å². The molecule has 2 aromatic rings. The van der Waals surface area contributed by atoms with Crippen LogP contribution in [-0.4, -0.2) is 41.2 Å². The maximum atomic E-state index is 12.5. The highest BCUT2D eigenvalue weighted by Gasteiger charge is 2.30. The van der Waals surface area contributed by atoms with Gasteiger partial charge in [0.25, 0.3) is 5.91 Å². The number of hydrogen-bond acceptors (Lipinski definition) is 5. The van der Waals surface area contributed by atoms with Gasteiger partial charge in [-0.2, -0.15) is 0 Å². The number of aromatic carboxylic acids is 1. The van der Waals surface area contributed by atoms with Crippen molar-refractivity contribution in [2.75, 3.05) is 14.2 Å². The lowest BCUT2D eigenvalue weighted by molar-refractivity contribution is -0.121. The second-order valence-corrected chi connectivity index (χ2v) is 7.48. The number of ether oxygens (including phenoxy) is 1. The number of amides is 1. The minimum atomic E-state index is -1.02. The monoisotopic (exact) mass is 446 g/mol. The van der Waals surface area contributed by atoms with Crippen LogP contribution in [0.25, 0.3) is 6.08 Å². The van der Waals surface area contributed by atoms with E-state index in [0.29, 0.717) is 21.5 Å². The van der Waals surface area contributed by atoms with Crippen LogP contribution in [0.15, 0.2) is 56.8 Å². The van der Waals surface area contributed by atoms with E-state index in [0.717, 1.165) is 10.0 Å². The molecular weight excluding hydrogens is 432 g/mol. The van der Waals surface area contributed by atoms with E-state index in [2.05, 4.69) is 20.9 Å². The fourth-order valence-corrected chi connectivity index (χ4v) is 3.94. The number of halogens is 1. The second kappa shape index (κ2) is 7.98. The summed E-state index contributed by atoms with van der Waals surface area (Å²) >= 11 is 4.67. The lowest BCUT2D eigenvalue weighted by Gasteiger charge is -2.07. The molecule has 8 heteroatoms. The molecule has 1 aliphatic rings. The number of carboxylic acids is 1. The third-order valence-electron chi connectivity index (χ3n) is 3.80. The van der Waals surface area contributed by atoms with E-state index in [1.807, 2.05) is 18.2 Å². The highest BCUT2D eigenvalue weighted by atomic mass is 79.9. The maximum absolute atomic E-state index is 12.5.